The summed E-state index contributed by atoms with van der Waals surface area (Å²) in [5.41, 5.74) is 0. The Kier molecular flexibility index (Phi) is 9.58. The Balaban J connectivity index is 0.000000372. The quantitative estimate of drug-likeness (QED) is 0.312. The van der Waals surface area contributed by atoms with Crippen LogP contribution in [-0.4, -0.2) is 0 Å². The SMILES string of the molecule is [C-]1=CC=CC1.[Cl-].[Cl-].[Ti+4].c1ccc2cp(-c3cc4ccccc4[cH-]3)cc2c1. The van der Waals surface area contributed by atoms with Crippen LogP contribution in [-0.2, 0) is 21.7 Å². The van der Waals surface area contributed by atoms with E-state index in [9.17, 15) is 0 Å². The van der Waals surface area contributed by atoms with Crippen LogP contribution in [0.2, 0.25) is 0 Å². The zero-order chi connectivity index (χ0) is 15.5. The van der Waals surface area contributed by atoms with Crippen LogP contribution in [0, 0.1) is 6.08 Å². The first-order valence-electron chi connectivity index (χ1n) is 7.84. The fourth-order valence-corrected chi connectivity index (χ4v) is 4.87. The molecule has 0 fully saturated rings. The Bertz CT molecular complexity index is 863. The topological polar surface area (TPSA) is 0 Å². The minimum absolute atomic E-state index is 0. The van der Waals surface area contributed by atoms with Crippen molar-refractivity contribution in [3.63, 3.8) is 0 Å². The minimum Gasteiger partial charge on any atom is -1.00 e. The van der Waals surface area contributed by atoms with E-state index in [1.807, 2.05) is 12.2 Å². The molecule has 1 aliphatic rings. The summed E-state index contributed by atoms with van der Waals surface area (Å²) in [6.45, 7) is 0. The number of fused-ring (bicyclic) bond motifs is 2. The summed E-state index contributed by atoms with van der Waals surface area (Å²) in [6, 6.07) is 21.9. The molecule has 0 amide bonds. The molecule has 4 heteroatoms. The standard InChI is InChI=1S/C17H12P.C5H5.2ClH.Ti/c1-2-6-14-10-17(9-13(14)5-1)18-11-15-7-3-4-8-16(15)12-18;1-2-4-5-3-1;;;/h1-12H;1-3H,4H2;2*1H;/q2*-1;;;+4/p-2. The van der Waals surface area contributed by atoms with Gasteiger partial charge in [-0.3, -0.25) is 6.08 Å². The summed E-state index contributed by atoms with van der Waals surface area (Å²) in [6.07, 6.45) is 10.0. The van der Waals surface area contributed by atoms with E-state index < -0.39 is 0 Å². The minimum atomic E-state index is -0.264. The van der Waals surface area contributed by atoms with Crippen molar-refractivity contribution in [3.05, 3.63) is 96.6 Å². The smallest absolute Gasteiger partial charge is 1.00 e. The number of halogens is 2. The van der Waals surface area contributed by atoms with Crippen LogP contribution in [0.4, 0.5) is 0 Å². The second-order valence-corrected chi connectivity index (χ2v) is 7.49. The van der Waals surface area contributed by atoms with Crippen LogP contribution < -0.4 is 24.8 Å². The molecule has 3 aromatic carbocycles. The molecule has 0 bridgehead atoms. The van der Waals surface area contributed by atoms with Crippen LogP contribution in [0.25, 0.3) is 26.8 Å². The van der Waals surface area contributed by atoms with Gasteiger partial charge in [0.2, 0.25) is 0 Å². The maximum atomic E-state index is 2.99. The molecule has 0 N–H and O–H groups in total. The van der Waals surface area contributed by atoms with E-state index in [4.69, 9.17) is 0 Å². The monoisotopic (exact) mass is 430 g/mol. The number of rotatable bonds is 1. The predicted molar refractivity (Wildman–Crippen MR) is 103 cm³/mol. The fraction of sp³-hybridized carbons (Fsp3) is 0.0455. The van der Waals surface area contributed by atoms with Gasteiger partial charge in [-0.2, -0.15) is 12.1 Å². The third kappa shape index (κ3) is 5.20. The average Bonchev–Trinajstić information content (AvgIpc) is 3.33. The molecule has 5 rings (SSSR count). The summed E-state index contributed by atoms with van der Waals surface area (Å²) in [5.74, 6) is 4.83. The Labute approximate surface area is 183 Å². The van der Waals surface area contributed by atoms with E-state index in [0.717, 1.165) is 6.42 Å². The molecular weight excluding hydrogens is 414 g/mol. The van der Waals surface area contributed by atoms with Gasteiger partial charge in [-0.15, -0.1) is 49.0 Å². The Morgan fingerprint density at radius 1 is 0.846 bits per heavy atom. The molecule has 0 nitrogen and oxygen atoms in total. The molecule has 0 unspecified atom stereocenters. The first-order chi connectivity index (χ1) is 11.4. The molecule has 0 spiro atoms. The maximum absolute atomic E-state index is 2.99. The van der Waals surface area contributed by atoms with Gasteiger partial charge in [0.05, 0.1) is 0 Å². The molecule has 0 aliphatic heterocycles. The second-order valence-electron chi connectivity index (χ2n) is 5.64. The molecule has 26 heavy (non-hydrogen) atoms. The van der Waals surface area contributed by atoms with Gasteiger partial charge in [-0.25, -0.2) is 12.2 Å². The summed E-state index contributed by atoms with van der Waals surface area (Å²) in [5, 5.41) is 6.94. The van der Waals surface area contributed by atoms with Gasteiger partial charge < -0.3 is 24.8 Å². The average molecular weight is 431 g/mol. The summed E-state index contributed by atoms with van der Waals surface area (Å²) in [4.78, 5) is 0. The summed E-state index contributed by atoms with van der Waals surface area (Å²) in [7, 11) is -0.264. The molecular formula is C22H17Cl2PTi. The zero-order valence-corrected chi connectivity index (χ0v) is 18.0. The first-order valence-corrected chi connectivity index (χ1v) is 9.32. The van der Waals surface area contributed by atoms with Gasteiger partial charge in [-0.05, 0) is 22.4 Å². The van der Waals surface area contributed by atoms with Gasteiger partial charge in [0.15, 0.2) is 0 Å². The Morgan fingerprint density at radius 2 is 1.46 bits per heavy atom. The molecule has 0 radical (unpaired) electrons. The zero-order valence-electron chi connectivity index (χ0n) is 14.1. The van der Waals surface area contributed by atoms with Crippen molar-refractivity contribution >= 4 is 29.1 Å². The number of allylic oxidation sites excluding steroid dienone is 4. The van der Waals surface area contributed by atoms with Crippen molar-refractivity contribution in [2.75, 3.05) is 0 Å². The molecule has 0 atom stereocenters. The third-order valence-electron chi connectivity index (χ3n) is 4.04. The van der Waals surface area contributed by atoms with E-state index in [0.29, 0.717) is 0 Å². The molecule has 1 aliphatic carbocycles. The van der Waals surface area contributed by atoms with Crippen molar-refractivity contribution in [2.24, 2.45) is 0 Å². The van der Waals surface area contributed by atoms with E-state index >= 15 is 0 Å². The van der Waals surface area contributed by atoms with E-state index in [1.54, 1.807) is 0 Å². The van der Waals surface area contributed by atoms with Gasteiger partial charge in [0.1, 0.15) is 0 Å². The summed E-state index contributed by atoms with van der Waals surface area (Å²) >= 11 is 0. The van der Waals surface area contributed by atoms with Crippen molar-refractivity contribution < 1.29 is 46.5 Å². The van der Waals surface area contributed by atoms with Crippen molar-refractivity contribution in [1.29, 1.82) is 0 Å². The largest absolute Gasteiger partial charge is 4.00 e. The number of benzene rings is 2. The van der Waals surface area contributed by atoms with Crippen molar-refractivity contribution in [2.45, 2.75) is 6.42 Å². The number of hydrogen-bond donors (Lipinski definition) is 0. The molecule has 1 heterocycles. The summed E-state index contributed by atoms with van der Waals surface area (Å²) < 4.78 is 0. The van der Waals surface area contributed by atoms with Gasteiger partial charge in [-0.1, -0.05) is 35.6 Å². The van der Waals surface area contributed by atoms with Gasteiger partial charge >= 0.3 is 21.7 Å². The van der Waals surface area contributed by atoms with Crippen LogP contribution in [0.15, 0.2) is 90.5 Å². The van der Waals surface area contributed by atoms with Crippen LogP contribution in [0.1, 0.15) is 6.42 Å². The molecule has 128 valence electrons. The molecule has 4 aromatic rings. The van der Waals surface area contributed by atoms with Crippen LogP contribution >= 0.6 is 7.53 Å². The molecule has 0 saturated heterocycles. The normalized spacial score (nSPS) is 11.2. The first kappa shape index (κ1) is 22.9. The number of hydrogen-bond acceptors (Lipinski definition) is 0. The predicted octanol–water partition coefficient (Wildman–Crippen LogP) is 0.999. The second kappa shape index (κ2) is 10.9. The molecule has 0 saturated carbocycles. The van der Waals surface area contributed by atoms with E-state index in [2.05, 4.69) is 84.4 Å². The Morgan fingerprint density at radius 3 is 1.96 bits per heavy atom. The maximum Gasteiger partial charge on any atom is 4.00 e. The van der Waals surface area contributed by atoms with E-state index in [-0.39, 0.29) is 54.1 Å². The molecule has 1 aromatic heterocycles. The van der Waals surface area contributed by atoms with Crippen LogP contribution in [0.3, 0.4) is 0 Å². The van der Waals surface area contributed by atoms with Crippen molar-refractivity contribution in [1.82, 2.24) is 0 Å². The van der Waals surface area contributed by atoms with Crippen molar-refractivity contribution in [3.8, 4) is 5.30 Å². The van der Waals surface area contributed by atoms with Gasteiger partial charge in [0, 0.05) is 0 Å². The van der Waals surface area contributed by atoms with Gasteiger partial charge in [0.25, 0.3) is 0 Å². The fourth-order valence-electron chi connectivity index (χ4n) is 2.86. The third-order valence-corrected chi connectivity index (χ3v) is 6.01. The van der Waals surface area contributed by atoms with Crippen LogP contribution in [0.5, 0.6) is 0 Å². The van der Waals surface area contributed by atoms with E-state index in [1.165, 1.54) is 26.8 Å². The Hall–Kier alpha value is -1.14.